The first-order valence-corrected chi connectivity index (χ1v) is 10.7. The molecular formula is C26H30N4O2. The van der Waals surface area contributed by atoms with Gasteiger partial charge in [-0.25, -0.2) is 0 Å². The molecule has 1 atom stereocenters. The Kier molecular flexibility index (Phi) is 7.60. The molecule has 32 heavy (non-hydrogen) atoms. The van der Waals surface area contributed by atoms with Crippen LogP contribution in [-0.2, 0) is 7.05 Å². The highest BCUT2D eigenvalue weighted by molar-refractivity contribution is 5.98. The van der Waals surface area contributed by atoms with Crippen molar-refractivity contribution in [1.29, 1.82) is 0 Å². The lowest BCUT2D eigenvalue weighted by molar-refractivity contribution is 0.0723. The van der Waals surface area contributed by atoms with Crippen LogP contribution in [0.4, 0.5) is 0 Å². The van der Waals surface area contributed by atoms with E-state index in [2.05, 4.69) is 16.9 Å². The van der Waals surface area contributed by atoms with Crippen LogP contribution in [-0.4, -0.2) is 45.9 Å². The van der Waals surface area contributed by atoms with Gasteiger partial charge >= 0.3 is 0 Å². The summed E-state index contributed by atoms with van der Waals surface area (Å²) >= 11 is 0. The fourth-order valence-corrected chi connectivity index (χ4v) is 3.80. The zero-order chi connectivity index (χ0) is 23.1. The number of fused-ring (bicyclic) bond motifs is 1. The molecule has 1 N–H and O–H groups in total. The number of benzene rings is 1. The molecule has 0 saturated heterocycles. The van der Waals surface area contributed by atoms with Crippen LogP contribution >= 0.6 is 0 Å². The van der Waals surface area contributed by atoms with E-state index in [0.717, 1.165) is 16.5 Å². The van der Waals surface area contributed by atoms with E-state index in [4.69, 9.17) is 0 Å². The number of hydrogen-bond donors (Lipinski definition) is 1. The molecule has 0 unspecified atom stereocenters. The summed E-state index contributed by atoms with van der Waals surface area (Å²) in [6, 6.07) is 12.9. The predicted octanol–water partition coefficient (Wildman–Crippen LogP) is 4.36. The van der Waals surface area contributed by atoms with Crippen molar-refractivity contribution < 1.29 is 9.59 Å². The van der Waals surface area contributed by atoms with E-state index in [1.165, 1.54) is 0 Å². The van der Waals surface area contributed by atoms with Gasteiger partial charge in [-0.15, -0.1) is 0 Å². The van der Waals surface area contributed by atoms with Crippen LogP contribution in [0.2, 0.25) is 0 Å². The number of nitrogens with zero attached hydrogens (tertiary/aromatic N) is 3. The van der Waals surface area contributed by atoms with Gasteiger partial charge in [0.15, 0.2) is 0 Å². The summed E-state index contributed by atoms with van der Waals surface area (Å²) in [4.78, 5) is 31.5. The highest BCUT2D eigenvalue weighted by Crippen LogP contribution is 2.20. The minimum Gasteiger partial charge on any atom is -0.351 e. The van der Waals surface area contributed by atoms with Crippen molar-refractivity contribution in [3.05, 3.63) is 90.4 Å². The normalized spacial score (nSPS) is 12.4. The van der Waals surface area contributed by atoms with Crippen LogP contribution in [0.25, 0.3) is 10.9 Å². The van der Waals surface area contributed by atoms with E-state index < -0.39 is 0 Å². The van der Waals surface area contributed by atoms with E-state index in [1.807, 2.05) is 62.1 Å². The summed E-state index contributed by atoms with van der Waals surface area (Å²) in [5, 5.41) is 3.95. The van der Waals surface area contributed by atoms with Crippen molar-refractivity contribution in [2.75, 3.05) is 13.6 Å². The second kappa shape index (κ2) is 10.6. The van der Waals surface area contributed by atoms with E-state index in [1.54, 1.807) is 35.4 Å². The van der Waals surface area contributed by atoms with E-state index in [0.29, 0.717) is 30.6 Å². The minimum absolute atomic E-state index is 0.0387. The third kappa shape index (κ3) is 5.52. The molecule has 0 aliphatic rings. The Labute approximate surface area is 189 Å². The Bertz CT molecular complexity index is 1130. The number of aryl methyl sites for hydroxylation is 1. The first kappa shape index (κ1) is 23.0. The van der Waals surface area contributed by atoms with Gasteiger partial charge in [-0.2, -0.15) is 0 Å². The van der Waals surface area contributed by atoms with Gasteiger partial charge in [-0.05, 0) is 56.2 Å². The third-order valence-electron chi connectivity index (χ3n) is 5.62. The van der Waals surface area contributed by atoms with Gasteiger partial charge in [0.05, 0.1) is 0 Å². The Morgan fingerprint density at radius 1 is 1.25 bits per heavy atom. The highest BCUT2D eigenvalue weighted by atomic mass is 16.2. The number of carbonyl (C=O) groups is 2. The van der Waals surface area contributed by atoms with E-state index >= 15 is 0 Å². The standard InChI is InChI=1S/C26H30N4O2/c1-5-8-19(2)17-22(12-15-28-25(31)23-9-6-7-14-27-23)30(4)26(32)21-10-11-24-20(18-21)13-16-29(24)3/h5-11,13-14,16,18,22H,1,12,15,17H2,2-4H3,(H,28,31)/b19-8+/t22-/m1/s1. The molecule has 0 fully saturated rings. The Hall–Kier alpha value is -3.67. The van der Waals surface area contributed by atoms with Crippen molar-refractivity contribution >= 4 is 22.7 Å². The molecule has 0 saturated carbocycles. The first-order chi connectivity index (χ1) is 15.4. The maximum atomic E-state index is 13.3. The average molecular weight is 431 g/mol. The average Bonchev–Trinajstić information content (AvgIpc) is 3.18. The summed E-state index contributed by atoms with van der Waals surface area (Å²) in [6.45, 7) is 6.23. The number of carbonyl (C=O) groups excluding carboxylic acids is 2. The molecule has 6 nitrogen and oxygen atoms in total. The molecule has 2 heterocycles. The van der Waals surface area contributed by atoms with Crippen molar-refractivity contribution in [1.82, 2.24) is 19.8 Å². The lowest BCUT2D eigenvalue weighted by atomic mass is 10.0. The van der Waals surface area contributed by atoms with Crippen LogP contribution in [0.1, 0.15) is 40.6 Å². The molecule has 0 aliphatic carbocycles. The van der Waals surface area contributed by atoms with Crippen LogP contribution in [0.3, 0.4) is 0 Å². The van der Waals surface area contributed by atoms with Gasteiger partial charge in [0.2, 0.25) is 0 Å². The number of aromatic nitrogens is 2. The monoisotopic (exact) mass is 430 g/mol. The topological polar surface area (TPSA) is 67.2 Å². The van der Waals surface area contributed by atoms with Crippen molar-refractivity contribution in [2.45, 2.75) is 25.8 Å². The Morgan fingerprint density at radius 2 is 2.06 bits per heavy atom. The smallest absolute Gasteiger partial charge is 0.269 e. The van der Waals surface area contributed by atoms with E-state index in [-0.39, 0.29) is 17.9 Å². The molecule has 1 aromatic carbocycles. The summed E-state index contributed by atoms with van der Waals surface area (Å²) in [7, 11) is 3.81. The zero-order valence-corrected chi connectivity index (χ0v) is 18.9. The Morgan fingerprint density at radius 3 is 2.78 bits per heavy atom. The highest BCUT2D eigenvalue weighted by Gasteiger charge is 2.22. The van der Waals surface area contributed by atoms with Crippen molar-refractivity contribution in [2.24, 2.45) is 7.05 Å². The van der Waals surface area contributed by atoms with Gasteiger partial charge in [0, 0.05) is 55.5 Å². The molecule has 2 aromatic heterocycles. The third-order valence-corrected chi connectivity index (χ3v) is 5.62. The lowest BCUT2D eigenvalue weighted by Gasteiger charge is -2.29. The number of pyridine rings is 1. The molecule has 166 valence electrons. The molecule has 3 rings (SSSR count). The van der Waals surface area contributed by atoms with E-state index in [9.17, 15) is 9.59 Å². The molecule has 0 bridgehead atoms. The van der Waals surface area contributed by atoms with Crippen LogP contribution in [0, 0.1) is 0 Å². The lowest BCUT2D eigenvalue weighted by Crippen LogP contribution is -2.40. The molecule has 3 aromatic rings. The molecular weight excluding hydrogens is 400 g/mol. The summed E-state index contributed by atoms with van der Waals surface area (Å²) < 4.78 is 2.03. The van der Waals surface area contributed by atoms with Gasteiger partial charge in [-0.3, -0.25) is 14.6 Å². The largest absolute Gasteiger partial charge is 0.351 e. The molecule has 2 amide bonds. The molecule has 0 radical (unpaired) electrons. The number of rotatable bonds is 9. The predicted molar refractivity (Wildman–Crippen MR) is 129 cm³/mol. The fraction of sp³-hybridized carbons (Fsp3) is 0.269. The van der Waals surface area contributed by atoms with Crippen molar-refractivity contribution in [3.8, 4) is 0 Å². The number of nitrogens with one attached hydrogen (secondary N) is 1. The summed E-state index contributed by atoms with van der Waals surface area (Å²) in [5.74, 6) is -0.255. The zero-order valence-electron chi connectivity index (χ0n) is 18.9. The molecule has 0 aliphatic heterocycles. The van der Waals surface area contributed by atoms with Gasteiger partial charge in [0.1, 0.15) is 5.69 Å². The second-order valence-electron chi connectivity index (χ2n) is 7.98. The fourth-order valence-electron chi connectivity index (χ4n) is 3.80. The Balaban J connectivity index is 1.72. The molecule has 0 spiro atoms. The second-order valence-corrected chi connectivity index (χ2v) is 7.98. The summed E-state index contributed by atoms with van der Waals surface area (Å²) in [5.41, 5.74) is 3.24. The van der Waals surface area contributed by atoms with Crippen LogP contribution in [0.15, 0.2) is 79.2 Å². The summed E-state index contributed by atoms with van der Waals surface area (Å²) in [6.07, 6.45) is 8.60. The maximum Gasteiger partial charge on any atom is 0.269 e. The quantitative estimate of drug-likeness (QED) is 0.513. The van der Waals surface area contributed by atoms with Gasteiger partial charge in [0.25, 0.3) is 11.8 Å². The van der Waals surface area contributed by atoms with Gasteiger partial charge in [-0.1, -0.05) is 30.4 Å². The first-order valence-electron chi connectivity index (χ1n) is 10.7. The number of amides is 2. The molecule has 6 heteroatoms. The van der Waals surface area contributed by atoms with Gasteiger partial charge < -0.3 is 14.8 Å². The number of allylic oxidation sites excluding steroid dienone is 2. The SMILES string of the molecule is C=C/C=C(\C)C[C@@H](CCNC(=O)c1ccccn1)N(C)C(=O)c1ccc2c(ccn2C)c1. The van der Waals surface area contributed by atoms with Crippen LogP contribution in [0.5, 0.6) is 0 Å². The number of hydrogen-bond acceptors (Lipinski definition) is 3. The van der Waals surface area contributed by atoms with Crippen molar-refractivity contribution in [3.63, 3.8) is 0 Å². The van der Waals surface area contributed by atoms with Crippen LogP contribution < -0.4 is 5.32 Å². The maximum absolute atomic E-state index is 13.3. The minimum atomic E-state index is -0.216.